The molecular formula is C38H46N4O9. The van der Waals surface area contributed by atoms with Crippen molar-refractivity contribution in [3.63, 3.8) is 0 Å². The zero-order valence-corrected chi connectivity index (χ0v) is 28.8. The van der Waals surface area contributed by atoms with E-state index in [0.717, 1.165) is 16.7 Å². The Hall–Kier alpha value is -4.78. The Balaban J connectivity index is 1.33. The molecule has 1 aliphatic heterocycles. The SMILES string of the molecule is CC(=O)CCC(=O)OC[C@H]1O[C@H](OCCCCCN(Cc2ccccc2)C(=O)OCc2ccccc2)[C@H](N=[N+]=[N-])[C@@H](OCc2ccccc2)[C@@H]1O. The predicted molar refractivity (Wildman–Crippen MR) is 187 cm³/mol. The minimum atomic E-state index is -1.32. The molecule has 13 nitrogen and oxygen atoms in total. The van der Waals surface area contributed by atoms with Crippen molar-refractivity contribution in [3.8, 4) is 0 Å². The fraction of sp³-hybridized carbons (Fsp3) is 0.447. The molecule has 0 unspecified atom stereocenters. The zero-order valence-electron chi connectivity index (χ0n) is 28.8. The van der Waals surface area contributed by atoms with Gasteiger partial charge in [-0.05, 0) is 48.4 Å². The summed E-state index contributed by atoms with van der Waals surface area (Å²) in [4.78, 5) is 41.2. The molecule has 1 aliphatic rings. The molecule has 1 saturated heterocycles. The third-order valence-electron chi connectivity index (χ3n) is 8.24. The van der Waals surface area contributed by atoms with Gasteiger partial charge in [-0.15, -0.1) is 0 Å². The highest BCUT2D eigenvalue weighted by atomic mass is 16.7. The summed E-state index contributed by atoms with van der Waals surface area (Å²) >= 11 is 0. The fourth-order valence-corrected chi connectivity index (χ4v) is 5.48. The summed E-state index contributed by atoms with van der Waals surface area (Å²) in [6.07, 6.45) is -3.00. The Kier molecular flexibility index (Phi) is 16.4. The number of Topliss-reactive ketones (excluding diaryl/α,β-unsaturated/α-hetero) is 1. The summed E-state index contributed by atoms with van der Waals surface area (Å²) in [7, 11) is 0. The molecule has 3 aromatic carbocycles. The number of unbranched alkanes of at least 4 members (excludes halogenated alkanes) is 2. The van der Waals surface area contributed by atoms with Crippen LogP contribution >= 0.6 is 0 Å². The first-order valence-electron chi connectivity index (χ1n) is 17.1. The Bertz CT molecular complexity index is 1540. The van der Waals surface area contributed by atoms with Crippen molar-refractivity contribution >= 4 is 17.8 Å². The number of benzene rings is 3. The van der Waals surface area contributed by atoms with E-state index in [1.165, 1.54) is 6.92 Å². The molecule has 4 rings (SSSR count). The Morgan fingerprint density at radius 3 is 2.08 bits per heavy atom. The van der Waals surface area contributed by atoms with Crippen LogP contribution in [0.25, 0.3) is 10.4 Å². The first-order valence-corrected chi connectivity index (χ1v) is 17.1. The number of esters is 1. The molecular weight excluding hydrogens is 656 g/mol. The van der Waals surface area contributed by atoms with Crippen LogP contribution in [0.2, 0.25) is 0 Å². The van der Waals surface area contributed by atoms with Crippen molar-refractivity contribution in [3.05, 3.63) is 118 Å². The summed E-state index contributed by atoms with van der Waals surface area (Å²) in [5.41, 5.74) is 12.1. The summed E-state index contributed by atoms with van der Waals surface area (Å²) in [6, 6.07) is 27.5. The topological polar surface area (TPSA) is 170 Å². The van der Waals surface area contributed by atoms with E-state index in [0.29, 0.717) is 32.4 Å². The number of hydrogen-bond donors (Lipinski definition) is 1. The molecule has 51 heavy (non-hydrogen) atoms. The lowest BCUT2D eigenvalue weighted by molar-refractivity contribution is -0.275. The zero-order chi connectivity index (χ0) is 36.3. The number of rotatable bonds is 20. The second kappa shape index (κ2) is 21.4. The summed E-state index contributed by atoms with van der Waals surface area (Å²) in [6.45, 7) is 2.44. The molecule has 1 amide bonds. The van der Waals surface area contributed by atoms with E-state index < -0.39 is 42.7 Å². The smallest absolute Gasteiger partial charge is 0.410 e. The summed E-state index contributed by atoms with van der Waals surface area (Å²) < 4.78 is 29.1. The minimum Gasteiger partial charge on any atom is -0.463 e. The van der Waals surface area contributed by atoms with E-state index >= 15 is 0 Å². The first-order chi connectivity index (χ1) is 24.8. The van der Waals surface area contributed by atoms with Crippen LogP contribution in [-0.4, -0.2) is 78.3 Å². The molecule has 1 fully saturated rings. The van der Waals surface area contributed by atoms with Gasteiger partial charge in [-0.25, -0.2) is 4.79 Å². The number of nitrogens with zero attached hydrogens (tertiary/aromatic N) is 4. The van der Waals surface area contributed by atoms with Crippen molar-refractivity contribution in [2.75, 3.05) is 19.8 Å². The van der Waals surface area contributed by atoms with Gasteiger partial charge < -0.3 is 38.5 Å². The van der Waals surface area contributed by atoms with Gasteiger partial charge in [0, 0.05) is 31.0 Å². The van der Waals surface area contributed by atoms with Gasteiger partial charge in [0.1, 0.15) is 37.2 Å². The van der Waals surface area contributed by atoms with Gasteiger partial charge >= 0.3 is 12.1 Å². The van der Waals surface area contributed by atoms with Crippen molar-refractivity contribution in [1.29, 1.82) is 0 Å². The maximum atomic E-state index is 13.1. The summed E-state index contributed by atoms with van der Waals surface area (Å²) in [5, 5.41) is 15.1. The van der Waals surface area contributed by atoms with E-state index in [4.69, 9.17) is 23.7 Å². The molecule has 0 aromatic heterocycles. The van der Waals surface area contributed by atoms with Crippen LogP contribution in [0.3, 0.4) is 0 Å². The van der Waals surface area contributed by atoms with Crippen molar-refractivity contribution in [2.45, 2.75) is 89.4 Å². The molecule has 0 bridgehead atoms. The van der Waals surface area contributed by atoms with Gasteiger partial charge in [-0.2, -0.15) is 0 Å². The minimum absolute atomic E-state index is 0.0410. The number of hydrogen-bond acceptors (Lipinski definition) is 10. The van der Waals surface area contributed by atoms with Gasteiger partial charge in [-0.3, -0.25) is 4.79 Å². The number of aliphatic hydroxyl groups excluding tert-OH is 1. The van der Waals surface area contributed by atoms with Gasteiger partial charge in [0.15, 0.2) is 6.29 Å². The van der Waals surface area contributed by atoms with Crippen LogP contribution in [0.1, 0.15) is 55.7 Å². The highest BCUT2D eigenvalue weighted by Gasteiger charge is 2.47. The molecule has 3 aromatic rings. The molecule has 0 spiro atoms. The van der Waals surface area contributed by atoms with Crippen LogP contribution in [0, 0.1) is 0 Å². The maximum absolute atomic E-state index is 13.1. The molecule has 0 saturated carbocycles. The standard InChI is InChI=1S/C38H46N4O9/c1-28(43)20-21-33(44)48-27-32-35(45)36(49-25-30-16-8-3-9-17-30)34(40-41-39)37(51-32)47-23-13-5-12-22-42(24-29-14-6-2-7-15-29)38(46)50-26-31-18-10-4-11-19-31/h2-4,6-11,14-19,32,34-37,45H,5,12-13,20-27H2,1H3/t32-,34-,35-,36-,37+/m1/s1. The maximum Gasteiger partial charge on any atom is 0.410 e. The fourth-order valence-electron chi connectivity index (χ4n) is 5.48. The number of carbonyl (C=O) groups is 3. The molecule has 1 N–H and O–H groups in total. The molecule has 5 atom stereocenters. The average molecular weight is 703 g/mol. The Labute approximate surface area is 298 Å². The number of ketones is 1. The highest BCUT2D eigenvalue weighted by Crippen LogP contribution is 2.28. The third kappa shape index (κ3) is 13.5. The monoisotopic (exact) mass is 702 g/mol. The highest BCUT2D eigenvalue weighted by molar-refractivity contribution is 5.80. The molecule has 1 heterocycles. The first kappa shape index (κ1) is 39.0. The van der Waals surface area contributed by atoms with Crippen molar-refractivity contribution in [1.82, 2.24) is 4.90 Å². The summed E-state index contributed by atoms with van der Waals surface area (Å²) in [5.74, 6) is -0.754. The van der Waals surface area contributed by atoms with E-state index in [1.807, 2.05) is 91.0 Å². The molecule has 272 valence electrons. The second-order valence-corrected chi connectivity index (χ2v) is 12.3. The van der Waals surface area contributed by atoms with Crippen LogP contribution in [0.4, 0.5) is 4.79 Å². The second-order valence-electron chi connectivity index (χ2n) is 12.3. The van der Waals surface area contributed by atoms with Gasteiger partial charge in [-0.1, -0.05) is 96.1 Å². The van der Waals surface area contributed by atoms with Crippen LogP contribution in [0.5, 0.6) is 0 Å². The third-order valence-corrected chi connectivity index (χ3v) is 8.24. The lowest BCUT2D eigenvalue weighted by Crippen LogP contribution is -2.59. The number of carbonyl (C=O) groups excluding carboxylic acids is 3. The molecule has 0 aliphatic carbocycles. The number of ether oxygens (including phenoxy) is 5. The number of amides is 1. The van der Waals surface area contributed by atoms with Gasteiger partial charge in [0.25, 0.3) is 0 Å². The quantitative estimate of drug-likeness (QED) is 0.0468. The van der Waals surface area contributed by atoms with E-state index in [-0.39, 0.29) is 45.1 Å². The molecule has 0 radical (unpaired) electrons. The van der Waals surface area contributed by atoms with E-state index in [2.05, 4.69) is 10.0 Å². The van der Waals surface area contributed by atoms with Crippen LogP contribution in [0.15, 0.2) is 96.1 Å². The lowest BCUT2D eigenvalue weighted by Gasteiger charge is -2.42. The number of aliphatic hydroxyl groups is 1. The van der Waals surface area contributed by atoms with Crippen molar-refractivity contribution in [2.24, 2.45) is 5.11 Å². The Morgan fingerprint density at radius 2 is 1.45 bits per heavy atom. The van der Waals surface area contributed by atoms with Crippen LogP contribution in [-0.2, 0) is 53.0 Å². The lowest BCUT2D eigenvalue weighted by atomic mass is 9.97. The molecule has 13 heteroatoms. The largest absolute Gasteiger partial charge is 0.463 e. The average Bonchev–Trinajstić information content (AvgIpc) is 3.15. The van der Waals surface area contributed by atoms with Crippen LogP contribution < -0.4 is 0 Å². The normalized spacial score (nSPS) is 19.8. The van der Waals surface area contributed by atoms with E-state index in [9.17, 15) is 25.0 Å². The Morgan fingerprint density at radius 1 is 0.824 bits per heavy atom. The number of azide groups is 1. The van der Waals surface area contributed by atoms with Gasteiger partial charge in [0.05, 0.1) is 19.1 Å². The predicted octanol–water partition coefficient (Wildman–Crippen LogP) is 6.27. The van der Waals surface area contributed by atoms with E-state index in [1.54, 1.807) is 4.90 Å². The van der Waals surface area contributed by atoms with Crippen molar-refractivity contribution < 1.29 is 43.2 Å². The van der Waals surface area contributed by atoms with Gasteiger partial charge in [0.2, 0.25) is 0 Å².